The minimum absolute atomic E-state index is 0.0612. The van der Waals surface area contributed by atoms with E-state index in [1.54, 1.807) is 37.3 Å². The van der Waals surface area contributed by atoms with Gasteiger partial charge in [0.15, 0.2) is 11.5 Å². The second kappa shape index (κ2) is 13.7. The Morgan fingerprint density at radius 2 is 1.57 bits per heavy atom. The zero-order valence-corrected chi connectivity index (χ0v) is 25.4. The summed E-state index contributed by atoms with van der Waals surface area (Å²) in [5, 5.41) is 3.08. The number of nitrogens with zero attached hydrogens (tertiary/aromatic N) is 2. The molecule has 42 heavy (non-hydrogen) atoms. The van der Waals surface area contributed by atoms with Gasteiger partial charge in [-0.15, -0.1) is 0 Å². The van der Waals surface area contributed by atoms with Crippen molar-refractivity contribution in [1.29, 1.82) is 0 Å². The number of hydrogen-bond acceptors (Lipinski definition) is 6. The van der Waals surface area contributed by atoms with E-state index in [1.165, 1.54) is 37.3 Å². The largest absolute Gasteiger partial charge is 0.493 e. The molecule has 1 atom stereocenters. The van der Waals surface area contributed by atoms with Crippen LogP contribution in [0.15, 0.2) is 77.7 Å². The van der Waals surface area contributed by atoms with Gasteiger partial charge >= 0.3 is 0 Å². The lowest BCUT2D eigenvalue weighted by Crippen LogP contribution is -2.52. The van der Waals surface area contributed by atoms with Gasteiger partial charge in [-0.2, -0.15) is 0 Å². The van der Waals surface area contributed by atoms with E-state index in [0.717, 1.165) is 41.1 Å². The summed E-state index contributed by atoms with van der Waals surface area (Å²) >= 11 is 0. The molecule has 0 saturated heterocycles. The molecular formula is C32H39N3O6S. The van der Waals surface area contributed by atoms with Gasteiger partial charge < -0.3 is 19.7 Å². The van der Waals surface area contributed by atoms with Crippen LogP contribution in [-0.4, -0.2) is 58.0 Å². The SMILES string of the molecule is COc1ccc(S(=O)(=O)N(CC(=O)N(Cc2ccc(C)cc2)[C@@H](C)C(=O)NC2CCCC2)c2ccccc2)cc1OC. The Morgan fingerprint density at radius 3 is 2.19 bits per heavy atom. The van der Waals surface area contributed by atoms with Crippen molar-refractivity contribution in [2.45, 2.75) is 63.1 Å². The Bertz CT molecular complexity index is 1470. The monoisotopic (exact) mass is 593 g/mol. The third-order valence-electron chi connectivity index (χ3n) is 7.61. The number of rotatable bonds is 12. The van der Waals surface area contributed by atoms with Crippen molar-refractivity contribution in [2.24, 2.45) is 0 Å². The highest BCUT2D eigenvalue weighted by atomic mass is 32.2. The Hall–Kier alpha value is -4.05. The number of methoxy groups -OCH3 is 2. The van der Waals surface area contributed by atoms with E-state index in [-0.39, 0.29) is 29.1 Å². The summed E-state index contributed by atoms with van der Waals surface area (Å²) in [5.41, 5.74) is 2.22. The van der Waals surface area contributed by atoms with Gasteiger partial charge in [-0.3, -0.25) is 13.9 Å². The molecule has 0 bridgehead atoms. The van der Waals surface area contributed by atoms with E-state index in [9.17, 15) is 18.0 Å². The average molecular weight is 594 g/mol. The van der Waals surface area contributed by atoms with Crippen LogP contribution in [0.5, 0.6) is 11.5 Å². The molecule has 1 aliphatic rings. The van der Waals surface area contributed by atoms with Gasteiger partial charge in [0.25, 0.3) is 10.0 Å². The molecule has 9 nitrogen and oxygen atoms in total. The molecule has 0 unspecified atom stereocenters. The molecule has 3 aromatic rings. The van der Waals surface area contributed by atoms with Crippen LogP contribution in [0.2, 0.25) is 0 Å². The van der Waals surface area contributed by atoms with Gasteiger partial charge in [-0.25, -0.2) is 8.42 Å². The molecule has 0 aromatic heterocycles. The molecule has 0 aliphatic heterocycles. The van der Waals surface area contributed by atoms with E-state index >= 15 is 0 Å². The fourth-order valence-corrected chi connectivity index (χ4v) is 6.52. The molecule has 10 heteroatoms. The van der Waals surface area contributed by atoms with Gasteiger partial charge in [0.2, 0.25) is 11.8 Å². The summed E-state index contributed by atoms with van der Waals surface area (Å²) in [6.45, 7) is 3.30. The second-order valence-corrected chi connectivity index (χ2v) is 12.4. The number of sulfonamides is 1. The molecule has 0 spiro atoms. The Labute approximate surface area is 248 Å². The fourth-order valence-electron chi connectivity index (χ4n) is 5.09. The highest BCUT2D eigenvalue weighted by Gasteiger charge is 2.33. The maximum atomic E-state index is 14.1. The van der Waals surface area contributed by atoms with Crippen LogP contribution in [-0.2, 0) is 26.2 Å². The van der Waals surface area contributed by atoms with Crippen LogP contribution in [0.1, 0.15) is 43.7 Å². The van der Waals surface area contributed by atoms with Crippen molar-refractivity contribution in [2.75, 3.05) is 25.1 Å². The molecule has 1 N–H and O–H groups in total. The first kappa shape index (κ1) is 30.9. The molecule has 1 fully saturated rings. The number of aryl methyl sites for hydroxylation is 1. The lowest BCUT2D eigenvalue weighted by Gasteiger charge is -2.32. The summed E-state index contributed by atoms with van der Waals surface area (Å²) in [7, 11) is -1.34. The molecule has 0 radical (unpaired) electrons. The molecule has 0 heterocycles. The summed E-state index contributed by atoms with van der Waals surface area (Å²) in [5.74, 6) is -0.129. The zero-order chi connectivity index (χ0) is 30.3. The Morgan fingerprint density at radius 1 is 0.929 bits per heavy atom. The number of hydrogen-bond donors (Lipinski definition) is 1. The number of para-hydroxylation sites is 1. The van der Waals surface area contributed by atoms with E-state index in [4.69, 9.17) is 9.47 Å². The van der Waals surface area contributed by atoms with Gasteiger partial charge in [0.1, 0.15) is 12.6 Å². The highest BCUT2D eigenvalue weighted by molar-refractivity contribution is 7.92. The van der Waals surface area contributed by atoms with Crippen LogP contribution >= 0.6 is 0 Å². The summed E-state index contributed by atoms with van der Waals surface area (Å²) < 4.78 is 39.8. The van der Waals surface area contributed by atoms with E-state index in [1.807, 2.05) is 31.2 Å². The van der Waals surface area contributed by atoms with Crippen LogP contribution in [0.4, 0.5) is 5.69 Å². The number of carbonyl (C=O) groups excluding carboxylic acids is 2. The first-order valence-corrected chi connectivity index (χ1v) is 15.5. The maximum Gasteiger partial charge on any atom is 0.264 e. The lowest BCUT2D eigenvalue weighted by molar-refractivity contribution is -0.139. The van der Waals surface area contributed by atoms with Gasteiger partial charge in [-0.05, 0) is 56.5 Å². The minimum atomic E-state index is -4.23. The van der Waals surface area contributed by atoms with Crippen molar-refractivity contribution in [3.8, 4) is 11.5 Å². The summed E-state index contributed by atoms with van der Waals surface area (Å²) in [6, 6.07) is 19.7. The molecule has 1 saturated carbocycles. The molecular weight excluding hydrogens is 554 g/mol. The highest BCUT2D eigenvalue weighted by Crippen LogP contribution is 2.32. The quantitative estimate of drug-likeness (QED) is 0.327. The summed E-state index contributed by atoms with van der Waals surface area (Å²) in [4.78, 5) is 28.8. The molecule has 1 aliphatic carbocycles. The van der Waals surface area contributed by atoms with Crippen molar-refractivity contribution in [1.82, 2.24) is 10.2 Å². The zero-order valence-electron chi connectivity index (χ0n) is 24.6. The van der Waals surface area contributed by atoms with Gasteiger partial charge in [0, 0.05) is 18.7 Å². The summed E-state index contributed by atoms with van der Waals surface area (Å²) in [6.07, 6.45) is 3.95. The maximum absolute atomic E-state index is 14.1. The number of anilines is 1. The average Bonchev–Trinajstić information content (AvgIpc) is 3.52. The normalized spacial score (nSPS) is 14.2. The van der Waals surface area contributed by atoms with Crippen molar-refractivity contribution < 1.29 is 27.5 Å². The molecule has 3 aromatic carbocycles. The number of amides is 2. The topological polar surface area (TPSA) is 105 Å². The van der Waals surface area contributed by atoms with Gasteiger partial charge in [0.05, 0.1) is 24.8 Å². The van der Waals surface area contributed by atoms with Gasteiger partial charge in [-0.1, -0.05) is 60.9 Å². The number of carbonyl (C=O) groups is 2. The third-order valence-corrected chi connectivity index (χ3v) is 9.38. The van der Waals surface area contributed by atoms with E-state index in [2.05, 4.69) is 5.32 Å². The molecule has 2 amide bonds. The van der Waals surface area contributed by atoms with Crippen LogP contribution < -0.4 is 19.1 Å². The minimum Gasteiger partial charge on any atom is -0.493 e. The van der Waals surface area contributed by atoms with Crippen molar-refractivity contribution in [3.63, 3.8) is 0 Å². The van der Waals surface area contributed by atoms with Crippen molar-refractivity contribution in [3.05, 3.63) is 83.9 Å². The molecule has 4 rings (SSSR count). The fraction of sp³-hybridized carbons (Fsp3) is 0.375. The first-order valence-electron chi connectivity index (χ1n) is 14.1. The standard InChI is InChI=1S/C32H39N3O6S/c1-23-14-16-25(17-15-23)21-34(24(2)32(37)33-26-10-8-9-11-26)31(36)22-35(27-12-6-5-7-13-27)42(38,39)28-18-19-29(40-3)30(20-28)41-4/h5-7,12-20,24,26H,8-11,21-22H2,1-4H3,(H,33,37)/t24-/m0/s1. The Balaban J connectivity index is 1.69. The lowest BCUT2D eigenvalue weighted by atomic mass is 10.1. The van der Waals surface area contributed by atoms with Crippen molar-refractivity contribution >= 4 is 27.5 Å². The second-order valence-electron chi connectivity index (χ2n) is 10.5. The predicted molar refractivity (Wildman–Crippen MR) is 162 cm³/mol. The van der Waals surface area contributed by atoms with E-state index in [0.29, 0.717) is 11.4 Å². The van der Waals surface area contributed by atoms with Crippen LogP contribution in [0.25, 0.3) is 0 Å². The van der Waals surface area contributed by atoms with Crippen LogP contribution in [0.3, 0.4) is 0 Å². The molecule has 224 valence electrons. The first-order chi connectivity index (χ1) is 20.1. The number of nitrogens with one attached hydrogen (secondary N) is 1. The number of ether oxygens (including phenoxy) is 2. The third kappa shape index (κ3) is 7.23. The van der Waals surface area contributed by atoms with E-state index < -0.39 is 28.5 Å². The number of benzene rings is 3. The Kier molecular flexibility index (Phi) is 10.1. The smallest absolute Gasteiger partial charge is 0.264 e. The predicted octanol–water partition coefficient (Wildman–Crippen LogP) is 4.68. The van der Waals surface area contributed by atoms with Crippen LogP contribution in [0, 0.1) is 6.92 Å².